The number of fused-ring (bicyclic) bond motifs is 1. The van der Waals surface area contributed by atoms with Gasteiger partial charge in [-0.1, -0.05) is 32.9 Å². The molecule has 1 aromatic carbocycles. The van der Waals surface area contributed by atoms with Crippen LogP contribution in [0.25, 0.3) is 11.0 Å². The molecule has 3 nitrogen and oxygen atoms in total. The Balaban J connectivity index is 2.15. The van der Waals surface area contributed by atoms with Crippen molar-refractivity contribution in [3.05, 3.63) is 30.1 Å². The minimum Gasteiger partial charge on any atom is -0.328 e. The molecule has 2 atom stereocenters. The molecule has 3 heteroatoms. The summed E-state index contributed by atoms with van der Waals surface area (Å²) in [6, 6.07) is 9.07. The van der Waals surface area contributed by atoms with Gasteiger partial charge in [-0.15, -0.1) is 0 Å². The van der Waals surface area contributed by atoms with Gasteiger partial charge in [0.1, 0.15) is 5.82 Å². The van der Waals surface area contributed by atoms with Crippen LogP contribution in [-0.4, -0.2) is 22.1 Å². The molecule has 0 aliphatic heterocycles. The standard InChI is InChI=1S/C18H29N3/c1-5-11-21-17-10-8-7-9-16(17)20-18(21)13-14(3)12-15(4)19-6-2/h7-10,14-15,19H,5-6,11-13H2,1-4H3. The van der Waals surface area contributed by atoms with Crippen molar-refractivity contribution in [2.24, 2.45) is 5.92 Å². The van der Waals surface area contributed by atoms with E-state index in [9.17, 15) is 0 Å². The van der Waals surface area contributed by atoms with Crippen molar-refractivity contribution in [3.8, 4) is 0 Å². The highest BCUT2D eigenvalue weighted by molar-refractivity contribution is 5.75. The smallest absolute Gasteiger partial charge is 0.110 e. The maximum absolute atomic E-state index is 4.87. The van der Waals surface area contributed by atoms with E-state index in [2.05, 4.69) is 61.8 Å². The summed E-state index contributed by atoms with van der Waals surface area (Å²) in [4.78, 5) is 4.87. The molecule has 1 heterocycles. The average Bonchev–Trinajstić information content (AvgIpc) is 2.77. The topological polar surface area (TPSA) is 29.9 Å². The Labute approximate surface area is 128 Å². The van der Waals surface area contributed by atoms with Crippen LogP contribution in [0.15, 0.2) is 24.3 Å². The second-order valence-corrected chi connectivity index (χ2v) is 6.17. The molecule has 0 radical (unpaired) electrons. The summed E-state index contributed by atoms with van der Waals surface area (Å²) in [6.45, 7) is 11.1. The van der Waals surface area contributed by atoms with Crippen LogP contribution in [0.3, 0.4) is 0 Å². The van der Waals surface area contributed by atoms with Crippen molar-refractivity contribution in [3.63, 3.8) is 0 Å². The SMILES string of the molecule is CCCn1c(CC(C)CC(C)NCC)nc2ccccc21. The van der Waals surface area contributed by atoms with Crippen molar-refractivity contribution in [2.45, 2.75) is 59.5 Å². The van der Waals surface area contributed by atoms with E-state index < -0.39 is 0 Å². The Hall–Kier alpha value is -1.35. The van der Waals surface area contributed by atoms with Crippen LogP contribution in [0.4, 0.5) is 0 Å². The van der Waals surface area contributed by atoms with Crippen molar-refractivity contribution in [2.75, 3.05) is 6.54 Å². The first-order valence-electron chi connectivity index (χ1n) is 8.33. The highest BCUT2D eigenvalue weighted by atomic mass is 15.1. The number of nitrogens with zero attached hydrogens (tertiary/aromatic N) is 2. The van der Waals surface area contributed by atoms with Crippen molar-refractivity contribution in [1.29, 1.82) is 0 Å². The number of aryl methyl sites for hydroxylation is 1. The summed E-state index contributed by atoms with van der Waals surface area (Å²) in [5, 5.41) is 3.50. The first-order valence-corrected chi connectivity index (χ1v) is 8.33. The minimum absolute atomic E-state index is 0.578. The molecular weight excluding hydrogens is 258 g/mol. The van der Waals surface area contributed by atoms with Crippen LogP contribution in [0.2, 0.25) is 0 Å². The number of rotatable bonds is 8. The third kappa shape index (κ3) is 4.07. The molecule has 21 heavy (non-hydrogen) atoms. The monoisotopic (exact) mass is 287 g/mol. The normalized spacial score (nSPS) is 14.5. The molecule has 0 bridgehead atoms. The van der Waals surface area contributed by atoms with Crippen LogP contribution in [0.1, 0.15) is 46.4 Å². The van der Waals surface area contributed by atoms with E-state index in [1.165, 1.54) is 17.8 Å². The Bertz CT molecular complexity index is 559. The van der Waals surface area contributed by atoms with Crippen LogP contribution in [0, 0.1) is 5.92 Å². The number of imidazole rings is 1. The Morgan fingerprint density at radius 1 is 1.19 bits per heavy atom. The summed E-state index contributed by atoms with van der Waals surface area (Å²) in [5.74, 6) is 1.89. The van der Waals surface area contributed by atoms with Gasteiger partial charge < -0.3 is 9.88 Å². The van der Waals surface area contributed by atoms with E-state index in [0.29, 0.717) is 12.0 Å². The second-order valence-electron chi connectivity index (χ2n) is 6.17. The molecule has 1 aromatic heterocycles. The number of benzene rings is 1. The molecular formula is C18H29N3. The fraction of sp³-hybridized carbons (Fsp3) is 0.611. The zero-order valence-corrected chi connectivity index (χ0v) is 13.9. The zero-order valence-electron chi connectivity index (χ0n) is 13.9. The number of hydrogen-bond donors (Lipinski definition) is 1. The van der Waals surface area contributed by atoms with Gasteiger partial charge in [0.05, 0.1) is 11.0 Å². The molecule has 0 spiro atoms. The van der Waals surface area contributed by atoms with E-state index >= 15 is 0 Å². The molecule has 0 fully saturated rings. The Morgan fingerprint density at radius 3 is 2.67 bits per heavy atom. The van der Waals surface area contributed by atoms with Gasteiger partial charge in [0.25, 0.3) is 0 Å². The first-order chi connectivity index (χ1) is 10.2. The summed E-state index contributed by atoms with van der Waals surface area (Å²) >= 11 is 0. The molecule has 0 aliphatic rings. The maximum Gasteiger partial charge on any atom is 0.110 e. The van der Waals surface area contributed by atoms with Gasteiger partial charge in [-0.25, -0.2) is 4.98 Å². The van der Waals surface area contributed by atoms with Crippen molar-refractivity contribution in [1.82, 2.24) is 14.9 Å². The average molecular weight is 287 g/mol. The molecule has 0 amide bonds. The summed E-state index contributed by atoms with van der Waals surface area (Å²) < 4.78 is 2.41. The number of hydrogen-bond acceptors (Lipinski definition) is 2. The zero-order chi connectivity index (χ0) is 15.2. The third-order valence-electron chi connectivity index (χ3n) is 4.02. The maximum atomic E-state index is 4.87. The minimum atomic E-state index is 0.578. The summed E-state index contributed by atoms with van der Waals surface area (Å²) in [6.07, 6.45) is 3.41. The number of aromatic nitrogens is 2. The van der Waals surface area contributed by atoms with Gasteiger partial charge in [0.2, 0.25) is 0 Å². The van der Waals surface area contributed by atoms with Crippen molar-refractivity contribution < 1.29 is 0 Å². The van der Waals surface area contributed by atoms with Crippen LogP contribution >= 0.6 is 0 Å². The van der Waals surface area contributed by atoms with Gasteiger partial charge >= 0.3 is 0 Å². The van der Waals surface area contributed by atoms with Crippen LogP contribution < -0.4 is 5.32 Å². The quantitative estimate of drug-likeness (QED) is 0.795. The second kappa shape index (κ2) is 7.60. The highest BCUT2D eigenvalue weighted by Gasteiger charge is 2.14. The molecule has 0 aliphatic carbocycles. The summed E-state index contributed by atoms with van der Waals surface area (Å²) in [5.41, 5.74) is 2.41. The number of nitrogens with one attached hydrogen (secondary N) is 1. The third-order valence-corrected chi connectivity index (χ3v) is 4.02. The van der Waals surface area contributed by atoms with E-state index in [1.807, 2.05) is 0 Å². The molecule has 116 valence electrons. The van der Waals surface area contributed by atoms with Gasteiger partial charge in [-0.3, -0.25) is 0 Å². The predicted octanol–water partition coefficient (Wildman–Crippen LogP) is 4.01. The lowest BCUT2D eigenvalue weighted by molar-refractivity contribution is 0.416. The molecule has 2 rings (SSSR count). The van der Waals surface area contributed by atoms with Gasteiger partial charge in [0.15, 0.2) is 0 Å². The lowest BCUT2D eigenvalue weighted by Crippen LogP contribution is -2.28. The fourth-order valence-corrected chi connectivity index (χ4v) is 3.18. The lowest BCUT2D eigenvalue weighted by Gasteiger charge is -2.18. The van der Waals surface area contributed by atoms with E-state index in [4.69, 9.17) is 4.98 Å². The predicted molar refractivity (Wildman–Crippen MR) is 90.6 cm³/mol. The lowest BCUT2D eigenvalue weighted by atomic mass is 9.99. The van der Waals surface area contributed by atoms with Crippen molar-refractivity contribution >= 4 is 11.0 Å². The molecule has 2 aromatic rings. The molecule has 0 saturated heterocycles. The van der Waals surface area contributed by atoms with E-state index in [1.54, 1.807) is 0 Å². The van der Waals surface area contributed by atoms with E-state index in [-0.39, 0.29) is 0 Å². The molecule has 1 N–H and O–H groups in total. The molecule has 2 unspecified atom stereocenters. The first kappa shape index (κ1) is 16.0. The van der Waals surface area contributed by atoms with Crippen LogP contribution in [0.5, 0.6) is 0 Å². The van der Waals surface area contributed by atoms with Gasteiger partial charge in [-0.2, -0.15) is 0 Å². The summed E-state index contributed by atoms with van der Waals surface area (Å²) in [7, 11) is 0. The van der Waals surface area contributed by atoms with Crippen LogP contribution in [-0.2, 0) is 13.0 Å². The highest BCUT2D eigenvalue weighted by Crippen LogP contribution is 2.20. The number of para-hydroxylation sites is 2. The van der Waals surface area contributed by atoms with Gasteiger partial charge in [-0.05, 0) is 44.4 Å². The molecule has 0 saturated carbocycles. The fourth-order valence-electron chi connectivity index (χ4n) is 3.18. The Kier molecular flexibility index (Phi) is 5.80. The van der Waals surface area contributed by atoms with Gasteiger partial charge in [0, 0.05) is 19.0 Å². The Morgan fingerprint density at radius 2 is 1.95 bits per heavy atom. The van der Waals surface area contributed by atoms with E-state index in [0.717, 1.165) is 31.4 Å². The largest absolute Gasteiger partial charge is 0.328 e.